The third-order valence-electron chi connectivity index (χ3n) is 3.75. The zero-order valence-electron chi connectivity index (χ0n) is 10.8. The fraction of sp³-hybridized carbons (Fsp3) is 0.600. The largest absolute Gasteiger partial charge is 0.367 e. The Morgan fingerprint density at radius 3 is 2.41 bits per heavy atom. The van der Waals surface area contributed by atoms with Gasteiger partial charge in [0.1, 0.15) is 0 Å². The summed E-state index contributed by atoms with van der Waals surface area (Å²) in [6.45, 7) is 5.39. The first-order chi connectivity index (χ1) is 8.22. The average Bonchev–Trinajstić information content (AvgIpc) is 2.35. The lowest BCUT2D eigenvalue weighted by molar-refractivity contribution is 0.424. The van der Waals surface area contributed by atoms with E-state index in [1.807, 2.05) is 0 Å². The lowest BCUT2D eigenvalue weighted by Crippen LogP contribution is -2.43. The second-order valence-corrected chi connectivity index (χ2v) is 5.55. The summed E-state index contributed by atoms with van der Waals surface area (Å²) in [6.07, 6.45) is 5.00. The summed E-state index contributed by atoms with van der Waals surface area (Å²) in [5.74, 6) is 0. The molecule has 0 aromatic heterocycles. The number of hydrogen-bond acceptors (Lipinski definition) is 1. The predicted molar refractivity (Wildman–Crippen MR) is 76.1 cm³/mol. The molecule has 17 heavy (non-hydrogen) atoms. The molecule has 94 valence electrons. The number of halogens is 1. The molecule has 1 saturated carbocycles. The van der Waals surface area contributed by atoms with Crippen molar-refractivity contribution in [3.8, 4) is 0 Å². The van der Waals surface area contributed by atoms with E-state index >= 15 is 0 Å². The third-order valence-corrected chi connectivity index (χ3v) is 4.26. The minimum absolute atomic E-state index is 0.310. The minimum atomic E-state index is 0.310. The van der Waals surface area contributed by atoms with Crippen LogP contribution in [0.5, 0.6) is 0 Å². The van der Waals surface area contributed by atoms with E-state index in [4.69, 9.17) is 11.6 Å². The number of aryl methyl sites for hydroxylation is 1. The number of rotatable bonds is 3. The highest BCUT2D eigenvalue weighted by Gasteiger charge is 2.27. The third kappa shape index (κ3) is 2.95. The molecule has 1 aromatic rings. The molecular formula is C15H22ClN. The summed E-state index contributed by atoms with van der Waals surface area (Å²) in [7, 11) is 0. The molecule has 0 aliphatic heterocycles. The second-order valence-electron chi connectivity index (χ2n) is 4.99. The van der Waals surface area contributed by atoms with E-state index in [9.17, 15) is 0 Å². The molecule has 0 saturated heterocycles. The van der Waals surface area contributed by atoms with Gasteiger partial charge in [-0.15, -0.1) is 11.6 Å². The van der Waals surface area contributed by atoms with Crippen LogP contribution in [0.3, 0.4) is 0 Å². The van der Waals surface area contributed by atoms with Crippen molar-refractivity contribution >= 4 is 17.3 Å². The Morgan fingerprint density at radius 1 is 1.18 bits per heavy atom. The van der Waals surface area contributed by atoms with Gasteiger partial charge in [0.15, 0.2) is 0 Å². The zero-order valence-corrected chi connectivity index (χ0v) is 11.6. The van der Waals surface area contributed by atoms with Crippen LogP contribution < -0.4 is 4.90 Å². The summed E-state index contributed by atoms with van der Waals surface area (Å²) < 4.78 is 0. The van der Waals surface area contributed by atoms with Crippen molar-refractivity contribution in [2.45, 2.75) is 50.9 Å². The number of anilines is 1. The van der Waals surface area contributed by atoms with Gasteiger partial charge in [0.05, 0.1) is 5.38 Å². The molecule has 0 spiro atoms. The topological polar surface area (TPSA) is 3.24 Å². The molecule has 2 heteroatoms. The van der Waals surface area contributed by atoms with E-state index in [-0.39, 0.29) is 0 Å². The van der Waals surface area contributed by atoms with Gasteiger partial charge in [-0.1, -0.05) is 30.5 Å². The minimum Gasteiger partial charge on any atom is -0.367 e. The van der Waals surface area contributed by atoms with Gasteiger partial charge in [0.2, 0.25) is 0 Å². The smallest absolute Gasteiger partial charge is 0.0539 e. The fourth-order valence-corrected chi connectivity index (χ4v) is 3.18. The molecular weight excluding hydrogens is 230 g/mol. The number of alkyl halides is 1. The van der Waals surface area contributed by atoms with Gasteiger partial charge in [0, 0.05) is 18.3 Å². The van der Waals surface area contributed by atoms with E-state index in [1.165, 1.54) is 30.5 Å². The molecule has 1 aliphatic carbocycles. The summed E-state index contributed by atoms with van der Waals surface area (Å²) in [6, 6.07) is 9.32. The van der Waals surface area contributed by atoms with Crippen LogP contribution in [-0.4, -0.2) is 18.0 Å². The SMILES string of the molecule is CCN(c1ccc(C)cc1)[C@H]1CCCC[C@@H]1Cl. The molecule has 2 rings (SSSR count). The molecule has 0 bridgehead atoms. The van der Waals surface area contributed by atoms with Crippen LogP contribution in [-0.2, 0) is 0 Å². The van der Waals surface area contributed by atoms with Crippen molar-refractivity contribution in [1.82, 2.24) is 0 Å². The highest BCUT2D eigenvalue weighted by atomic mass is 35.5. The van der Waals surface area contributed by atoms with Gasteiger partial charge < -0.3 is 4.90 Å². The van der Waals surface area contributed by atoms with E-state index in [1.54, 1.807) is 0 Å². The van der Waals surface area contributed by atoms with Crippen LogP contribution in [0.25, 0.3) is 0 Å². The molecule has 0 N–H and O–H groups in total. The first-order valence-corrected chi connectivity index (χ1v) is 7.13. The van der Waals surface area contributed by atoms with Crippen LogP contribution in [0.4, 0.5) is 5.69 Å². The molecule has 1 aromatic carbocycles. The second kappa shape index (κ2) is 5.77. The summed E-state index contributed by atoms with van der Waals surface area (Å²) in [4.78, 5) is 2.47. The van der Waals surface area contributed by atoms with Crippen LogP contribution in [0, 0.1) is 6.92 Å². The maximum absolute atomic E-state index is 6.50. The van der Waals surface area contributed by atoms with Gasteiger partial charge in [-0.25, -0.2) is 0 Å². The van der Waals surface area contributed by atoms with Crippen molar-refractivity contribution in [3.63, 3.8) is 0 Å². The molecule has 1 fully saturated rings. The van der Waals surface area contributed by atoms with E-state index in [0.717, 1.165) is 13.0 Å². The average molecular weight is 252 g/mol. The Kier molecular flexibility index (Phi) is 4.33. The van der Waals surface area contributed by atoms with Gasteiger partial charge in [-0.2, -0.15) is 0 Å². The molecule has 2 atom stereocenters. The molecule has 0 heterocycles. The van der Waals surface area contributed by atoms with Crippen molar-refractivity contribution in [1.29, 1.82) is 0 Å². The van der Waals surface area contributed by atoms with E-state index in [2.05, 4.69) is 43.0 Å². The number of hydrogen-bond donors (Lipinski definition) is 0. The first kappa shape index (κ1) is 12.8. The van der Waals surface area contributed by atoms with E-state index in [0.29, 0.717) is 11.4 Å². The normalized spacial score (nSPS) is 24.6. The van der Waals surface area contributed by atoms with Crippen molar-refractivity contribution in [3.05, 3.63) is 29.8 Å². The summed E-state index contributed by atoms with van der Waals surface area (Å²) in [5.41, 5.74) is 2.63. The Labute approximate surface area is 110 Å². The summed E-state index contributed by atoms with van der Waals surface area (Å²) >= 11 is 6.50. The van der Waals surface area contributed by atoms with E-state index < -0.39 is 0 Å². The van der Waals surface area contributed by atoms with Crippen molar-refractivity contribution in [2.75, 3.05) is 11.4 Å². The molecule has 0 radical (unpaired) electrons. The summed E-state index contributed by atoms with van der Waals surface area (Å²) in [5, 5.41) is 0.310. The Balaban J connectivity index is 2.17. The standard InChI is InChI=1S/C15H22ClN/c1-3-17(13-10-8-12(2)9-11-13)15-7-5-4-6-14(15)16/h8-11,14-15H,3-7H2,1-2H3/t14-,15-/m0/s1. The maximum atomic E-state index is 6.50. The zero-order chi connectivity index (χ0) is 12.3. The predicted octanol–water partition coefficient (Wildman–Crippen LogP) is 4.37. The Morgan fingerprint density at radius 2 is 1.82 bits per heavy atom. The Hall–Kier alpha value is -0.690. The van der Waals surface area contributed by atoms with Gasteiger partial charge >= 0.3 is 0 Å². The highest BCUT2D eigenvalue weighted by Crippen LogP contribution is 2.30. The van der Waals surface area contributed by atoms with Crippen molar-refractivity contribution < 1.29 is 0 Å². The molecule has 1 nitrogen and oxygen atoms in total. The van der Waals surface area contributed by atoms with Gasteiger partial charge in [-0.05, 0) is 38.8 Å². The van der Waals surface area contributed by atoms with Crippen LogP contribution in [0.1, 0.15) is 38.2 Å². The molecule has 0 amide bonds. The molecule has 1 aliphatic rings. The Bertz CT molecular complexity index is 346. The fourth-order valence-electron chi connectivity index (χ4n) is 2.76. The van der Waals surface area contributed by atoms with Crippen LogP contribution in [0.2, 0.25) is 0 Å². The number of benzene rings is 1. The monoisotopic (exact) mass is 251 g/mol. The van der Waals surface area contributed by atoms with Crippen molar-refractivity contribution in [2.24, 2.45) is 0 Å². The highest BCUT2D eigenvalue weighted by molar-refractivity contribution is 6.21. The lowest BCUT2D eigenvalue weighted by Gasteiger charge is -2.38. The number of nitrogens with zero attached hydrogens (tertiary/aromatic N) is 1. The first-order valence-electron chi connectivity index (χ1n) is 6.69. The lowest BCUT2D eigenvalue weighted by atomic mass is 9.93. The van der Waals surface area contributed by atoms with Gasteiger partial charge in [-0.3, -0.25) is 0 Å². The van der Waals surface area contributed by atoms with Gasteiger partial charge in [0.25, 0.3) is 0 Å². The quantitative estimate of drug-likeness (QED) is 0.721. The molecule has 0 unspecified atom stereocenters. The van der Waals surface area contributed by atoms with Crippen LogP contribution in [0.15, 0.2) is 24.3 Å². The van der Waals surface area contributed by atoms with Crippen LogP contribution >= 0.6 is 11.6 Å². The maximum Gasteiger partial charge on any atom is 0.0539 e.